The molecular weight excluding hydrogens is 362 g/mol. The van der Waals surface area contributed by atoms with Crippen molar-refractivity contribution in [3.8, 4) is 11.5 Å². The van der Waals surface area contributed by atoms with E-state index in [2.05, 4.69) is 6.92 Å². The summed E-state index contributed by atoms with van der Waals surface area (Å²) in [7, 11) is 0. The van der Waals surface area contributed by atoms with Gasteiger partial charge in [0.25, 0.3) is 0 Å². The van der Waals surface area contributed by atoms with Gasteiger partial charge in [0, 0.05) is 10.9 Å². The van der Waals surface area contributed by atoms with Crippen LogP contribution in [0, 0.1) is 5.92 Å². The predicted octanol–water partition coefficient (Wildman–Crippen LogP) is 3.48. The monoisotopic (exact) mass is 384 g/mol. The number of halogens is 1. The highest BCUT2D eigenvalue weighted by molar-refractivity contribution is 6.30. The van der Waals surface area contributed by atoms with E-state index in [1.807, 2.05) is 12.1 Å². The molecule has 1 unspecified atom stereocenters. The molecule has 2 aromatic carbocycles. The fourth-order valence-electron chi connectivity index (χ4n) is 3.99. The molecule has 2 aliphatic heterocycles. The van der Waals surface area contributed by atoms with Crippen LogP contribution in [0.25, 0.3) is 6.08 Å². The molecule has 0 aliphatic carbocycles. The van der Waals surface area contributed by atoms with E-state index in [-0.39, 0.29) is 17.3 Å². The van der Waals surface area contributed by atoms with Crippen LogP contribution in [-0.4, -0.2) is 24.0 Å². The summed E-state index contributed by atoms with van der Waals surface area (Å²) in [6.45, 7) is 5.08. The zero-order valence-electron chi connectivity index (χ0n) is 15.3. The van der Waals surface area contributed by atoms with Crippen LogP contribution in [0.5, 0.6) is 11.5 Å². The molecule has 2 atom stereocenters. The number of quaternary nitrogens is 1. The van der Waals surface area contributed by atoms with Crippen LogP contribution in [0.15, 0.2) is 42.2 Å². The van der Waals surface area contributed by atoms with Crippen LogP contribution >= 0.6 is 11.6 Å². The third kappa shape index (κ3) is 3.73. The van der Waals surface area contributed by atoms with E-state index in [0.29, 0.717) is 28.8 Å². The number of ether oxygens (including phenoxy) is 1. The standard InChI is InChI=1S/C22H22ClNO3/c1-14-3-2-10-24(12-14)13-18-19(25)9-8-17-21(26)20(27-22(17)18)11-15-4-6-16(23)7-5-15/h4-9,11,14,25H,2-3,10,12-13H2,1H3/p+1/b20-11-/t14-/m1/s1. The van der Waals surface area contributed by atoms with Crippen molar-refractivity contribution in [2.24, 2.45) is 5.92 Å². The first kappa shape index (κ1) is 18.1. The number of nitrogens with one attached hydrogen (secondary N) is 1. The molecule has 0 bridgehead atoms. The summed E-state index contributed by atoms with van der Waals surface area (Å²) in [5, 5.41) is 11.1. The van der Waals surface area contributed by atoms with Gasteiger partial charge in [-0.15, -0.1) is 0 Å². The molecule has 0 amide bonds. The third-order valence-corrected chi connectivity index (χ3v) is 5.63. The Balaban J connectivity index is 1.63. The number of Topliss-reactive ketones (excluding diaryl/α,β-unsaturated/α-hetero) is 1. The molecule has 0 spiro atoms. The number of rotatable bonds is 3. The highest BCUT2D eigenvalue weighted by atomic mass is 35.5. The smallest absolute Gasteiger partial charge is 0.231 e. The average molecular weight is 385 g/mol. The normalized spacial score (nSPS) is 23.3. The van der Waals surface area contributed by atoms with Gasteiger partial charge in [-0.1, -0.05) is 30.7 Å². The number of carbonyl (C=O) groups excluding carboxylic acids is 1. The van der Waals surface area contributed by atoms with Gasteiger partial charge < -0.3 is 14.7 Å². The highest BCUT2D eigenvalue weighted by Gasteiger charge is 2.33. The second kappa shape index (κ2) is 7.37. The molecule has 140 valence electrons. The Morgan fingerprint density at radius 1 is 1.26 bits per heavy atom. The number of allylic oxidation sites excluding steroid dienone is 1. The van der Waals surface area contributed by atoms with E-state index in [1.165, 1.54) is 17.7 Å². The molecule has 27 heavy (non-hydrogen) atoms. The third-order valence-electron chi connectivity index (χ3n) is 5.38. The lowest BCUT2D eigenvalue weighted by atomic mass is 9.99. The number of hydrogen-bond donors (Lipinski definition) is 2. The van der Waals surface area contributed by atoms with Crippen LogP contribution in [-0.2, 0) is 6.54 Å². The highest BCUT2D eigenvalue weighted by Crippen LogP contribution is 2.39. The summed E-state index contributed by atoms with van der Waals surface area (Å²) in [6.07, 6.45) is 4.16. The van der Waals surface area contributed by atoms with Crippen LogP contribution in [0.2, 0.25) is 5.02 Å². The molecule has 2 N–H and O–H groups in total. The van der Waals surface area contributed by atoms with Gasteiger partial charge in [0.2, 0.25) is 5.78 Å². The molecule has 2 aromatic rings. The van der Waals surface area contributed by atoms with Crippen molar-refractivity contribution in [3.05, 3.63) is 63.9 Å². The van der Waals surface area contributed by atoms with Crippen molar-refractivity contribution < 1.29 is 19.5 Å². The maximum atomic E-state index is 12.8. The summed E-state index contributed by atoms with van der Waals surface area (Å²) < 4.78 is 5.94. The lowest BCUT2D eigenvalue weighted by molar-refractivity contribution is -0.922. The molecular formula is C22H23ClNO3+. The number of hydrogen-bond acceptors (Lipinski definition) is 3. The summed E-state index contributed by atoms with van der Waals surface area (Å²) >= 11 is 5.92. The van der Waals surface area contributed by atoms with Crippen LogP contribution in [0.3, 0.4) is 0 Å². The number of piperidine rings is 1. The Hall–Kier alpha value is -2.30. The van der Waals surface area contributed by atoms with Gasteiger partial charge in [-0.3, -0.25) is 4.79 Å². The Kier molecular flexibility index (Phi) is 4.94. The second-order valence-corrected chi connectivity index (χ2v) is 8.00. The van der Waals surface area contributed by atoms with Crippen LogP contribution < -0.4 is 9.64 Å². The van der Waals surface area contributed by atoms with Gasteiger partial charge in [0.1, 0.15) is 12.3 Å². The van der Waals surface area contributed by atoms with Gasteiger partial charge in [-0.05, 0) is 48.7 Å². The minimum Gasteiger partial charge on any atom is -0.507 e. The quantitative estimate of drug-likeness (QED) is 0.796. The van der Waals surface area contributed by atoms with Crippen LogP contribution in [0.4, 0.5) is 0 Å². The van der Waals surface area contributed by atoms with E-state index in [1.54, 1.807) is 30.3 Å². The number of carbonyl (C=O) groups is 1. The van der Waals surface area contributed by atoms with E-state index < -0.39 is 0 Å². The Morgan fingerprint density at radius 3 is 2.78 bits per heavy atom. The molecule has 5 heteroatoms. The zero-order chi connectivity index (χ0) is 19.0. The number of likely N-dealkylation sites (tertiary alicyclic amines) is 1. The van der Waals surface area contributed by atoms with Gasteiger partial charge in [-0.2, -0.15) is 0 Å². The number of fused-ring (bicyclic) bond motifs is 1. The average Bonchev–Trinajstić information content (AvgIpc) is 2.96. The van der Waals surface area contributed by atoms with Crippen LogP contribution in [0.1, 0.15) is 41.3 Å². The van der Waals surface area contributed by atoms with Crippen molar-refractivity contribution in [1.82, 2.24) is 0 Å². The molecule has 4 rings (SSSR count). The summed E-state index contributed by atoms with van der Waals surface area (Å²) in [6, 6.07) is 10.5. The van der Waals surface area contributed by atoms with Gasteiger partial charge in [0.15, 0.2) is 11.5 Å². The maximum Gasteiger partial charge on any atom is 0.231 e. The molecule has 2 aliphatic rings. The molecule has 1 saturated heterocycles. The van der Waals surface area contributed by atoms with Crippen molar-refractivity contribution >= 4 is 23.5 Å². The van der Waals surface area contributed by atoms with Gasteiger partial charge in [0.05, 0.1) is 24.2 Å². The Morgan fingerprint density at radius 2 is 2.04 bits per heavy atom. The second-order valence-electron chi connectivity index (χ2n) is 7.56. The van der Waals surface area contributed by atoms with E-state index >= 15 is 0 Å². The minimum atomic E-state index is -0.150. The summed E-state index contributed by atoms with van der Waals surface area (Å²) in [5.74, 6) is 1.51. The lowest BCUT2D eigenvalue weighted by Crippen LogP contribution is -3.12. The van der Waals surface area contributed by atoms with Gasteiger partial charge >= 0.3 is 0 Å². The molecule has 0 aromatic heterocycles. The molecule has 2 heterocycles. The predicted molar refractivity (Wildman–Crippen MR) is 105 cm³/mol. The van der Waals surface area contributed by atoms with Crippen molar-refractivity contribution in [2.45, 2.75) is 26.3 Å². The first-order valence-electron chi connectivity index (χ1n) is 9.39. The molecule has 0 radical (unpaired) electrons. The fraction of sp³-hybridized carbons (Fsp3) is 0.318. The summed E-state index contributed by atoms with van der Waals surface area (Å²) in [5.41, 5.74) is 2.09. The first-order valence-corrected chi connectivity index (χ1v) is 9.77. The number of ketones is 1. The van der Waals surface area contributed by atoms with E-state index in [4.69, 9.17) is 16.3 Å². The van der Waals surface area contributed by atoms with Crippen molar-refractivity contribution in [2.75, 3.05) is 13.1 Å². The summed E-state index contributed by atoms with van der Waals surface area (Å²) in [4.78, 5) is 14.2. The fourth-order valence-corrected chi connectivity index (χ4v) is 4.11. The largest absolute Gasteiger partial charge is 0.507 e. The molecule has 4 nitrogen and oxygen atoms in total. The van der Waals surface area contributed by atoms with E-state index in [0.717, 1.165) is 24.2 Å². The van der Waals surface area contributed by atoms with Crippen molar-refractivity contribution in [1.29, 1.82) is 0 Å². The topological polar surface area (TPSA) is 51.0 Å². The number of phenolic OH excluding ortho intramolecular Hbond substituents is 1. The lowest BCUT2D eigenvalue weighted by Gasteiger charge is -2.28. The van der Waals surface area contributed by atoms with E-state index in [9.17, 15) is 9.90 Å². The number of aromatic hydroxyl groups is 1. The number of phenols is 1. The SMILES string of the molecule is C[C@@H]1CCC[NH+](Cc2c(O)ccc3c2O/C(=C\c2ccc(Cl)cc2)C3=O)C1. The maximum absolute atomic E-state index is 12.8. The molecule has 0 saturated carbocycles. The van der Waals surface area contributed by atoms with Crippen molar-refractivity contribution in [3.63, 3.8) is 0 Å². The first-order chi connectivity index (χ1) is 13.0. The Labute approximate surface area is 164 Å². The van der Waals surface area contributed by atoms with Gasteiger partial charge in [-0.25, -0.2) is 0 Å². The Bertz CT molecular complexity index is 905. The number of benzene rings is 2. The minimum absolute atomic E-state index is 0.150. The molecule has 1 fully saturated rings. The zero-order valence-corrected chi connectivity index (χ0v) is 16.1.